The average molecular weight is 189 g/mol. The molecule has 0 aliphatic rings. The van der Waals surface area contributed by atoms with E-state index >= 15 is 0 Å². The molecule has 0 saturated heterocycles. The summed E-state index contributed by atoms with van der Waals surface area (Å²) < 4.78 is 4.58. The molecule has 2 heterocycles. The lowest BCUT2D eigenvalue weighted by atomic mass is 10.1. The van der Waals surface area contributed by atoms with E-state index in [-0.39, 0.29) is 0 Å². The van der Waals surface area contributed by atoms with E-state index in [0.717, 1.165) is 11.8 Å². The zero-order valence-corrected chi connectivity index (χ0v) is 7.47. The summed E-state index contributed by atoms with van der Waals surface area (Å²) in [4.78, 5) is 18.6. The smallest absolute Gasteiger partial charge is 0.221 e. The molecule has 0 amide bonds. The van der Waals surface area contributed by atoms with Crippen LogP contribution in [-0.4, -0.2) is 21.4 Å². The fourth-order valence-electron chi connectivity index (χ4n) is 1.14. The van der Waals surface area contributed by atoms with Gasteiger partial charge in [-0.2, -0.15) is 4.98 Å². The minimum Gasteiger partial charge on any atom is -0.342 e. The minimum atomic E-state index is 0.326. The van der Waals surface area contributed by atoms with Gasteiger partial charge >= 0.3 is 0 Å². The highest BCUT2D eigenvalue weighted by molar-refractivity contribution is 5.83. The molecule has 14 heavy (non-hydrogen) atoms. The van der Waals surface area contributed by atoms with E-state index in [2.05, 4.69) is 19.6 Å². The van der Waals surface area contributed by atoms with E-state index in [4.69, 9.17) is 0 Å². The van der Waals surface area contributed by atoms with Crippen molar-refractivity contribution in [1.82, 2.24) is 15.1 Å². The number of hydrogen-bond acceptors (Lipinski definition) is 5. The van der Waals surface area contributed by atoms with Crippen molar-refractivity contribution >= 4 is 6.29 Å². The molecule has 2 rings (SSSR count). The summed E-state index contributed by atoms with van der Waals surface area (Å²) in [5.41, 5.74) is 1.82. The molecule has 5 heteroatoms. The number of carbonyl (C=O) groups excluding carboxylic acids is 1. The first-order valence-electron chi connectivity index (χ1n) is 4.00. The average Bonchev–Trinajstić information content (AvgIpc) is 2.70. The monoisotopic (exact) mass is 189 g/mol. The second kappa shape index (κ2) is 3.37. The van der Waals surface area contributed by atoms with Crippen LogP contribution >= 0.6 is 0 Å². The Morgan fingerprint density at radius 1 is 1.43 bits per heavy atom. The quantitative estimate of drug-likeness (QED) is 0.665. The summed E-state index contributed by atoms with van der Waals surface area (Å²) in [6, 6.07) is 1.73. The molecule has 0 aromatic carbocycles. The van der Waals surface area contributed by atoms with E-state index in [1.165, 1.54) is 6.39 Å². The Morgan fingerprint density at radius 2 is 2.29 bits per heavy atom. The fourth-order valence-corrected chi connectivity index (χ4v) is 1.14. The Bertz CT molecular complexity index is 451. The Balaban J connectivity index is 2.58. The Morgan fingerprint density at radius 3 is 2.93 bits per heavy atom. The van der Waals surface area contributed by atoms with E-state index in [1.54, 1.807) is 12.3 Å². The van der Waals surface area contributed by atoms with E-state index < -0.39 is 0 Å². The normalized spacial score (nSPS) is 10.1. The third-order valence-electron chi connectivity index (χ3n) is 1.75. The minimum absolute atomic E-state index is 0.326. The van der Waals surface area contributed by atoms with Crippen molar-refractivity contribution < 1.29 is 9.32 Å². The van der Waals surface area contributed by atoms with Crippen molar-refractivity contribution in [3.05, 3.63) is 29.8 Å². The van der Waals surface area contributed by atoms with Gasteiger partial charge in [-0.25, -0.2) is 0 Å². The SMILES string of the molecule is Cc1cnc(-c2ncon2)c(C=O)c1. The zero-order valence-electron chi connectivity index (χ0n) is 7.47. The van der Waals surface area contributed by atoms with Gasteiger partial charge in [-0.15, -0.1) is 0 Å². The Labute approximate surface area is 79.8 Å². The summed E-state index contributed by atoms with van der Waals surface area (Å²) in [6.45, 7) is 1.86. The topological polar surface area (TPSA) is 68.9 Å². The van der Waals surface area contributed by atoms with Crippen LogP contribution in [0.2, 0.25) is 0 Å². The lowest BCUT2D eigenvalue weighted by molar-refractivity contribution is 0.112. The van der Waals surface area contributed by atoms with Crippen LogP contribution in [0.1, 0.15) is 15.9 Å². The van der Waals surface area contributed by atoms with Gasteiger partial charge in [0.25, 0.3) is 0 Å². The number of aryl methyl sites for hydroxylation is 1. The Hall–Kier alpha value is -2.04. The number of rotatable bonds is 2. The molecule has 0 spiro atoms. The van der Waals surface area contributed by atoms with Crippen molar-refractivity contribution in [2.24, 2.45) is 0 Å². The maximum absolute atomic E-state index is 10.7. The highest BCUT2D eigenvalue weighted by atomic mass is 16.5. The van der Waals surface area contributed by atoms with Gasteiger partial charge in [-0.1, -0.05) is 5.16 Å². The molecule has 0 aliphatic carbocycles. The molecule has 2 aromatic rings. The summed E-state index contributed by atoms with van der Waals surface area (Å²) in [7, 11) is 0. The molecule has 0 radical (unpaired) electrons. The van der Waals surface area contributed by atoms with Crippen molar-refractivity contribution in [3.8, 4) is 11.5 Å². The maximum Gasteiger partial charge on any atom is 0.221 e. The predicted molar refractivity (Wildman–Crippen MR) is 47.7 cm³/mol. The highest BCUT2D eigenvalue weighted by Crippen LogP contribution is 2.16. The summed E-state index contributed by atoms with van der Waals surface area (Å²) in [6.07, 6.45) is 3.58. The maximum atomic E-state index is 10.7. The van der Waals surface area contributed by atoms with Gasteiger partial charge < -0.3 is 4.52 Å². The first-order valence-corrected chi connectivity index (χ1v) is 4.00. The van der Waals surface area contributed by atoms with Crippen LogP contribution in [0.4, 0.5) is 0 Å². The molecule has 0 saturated carbocycles. The van der Waals surface area contributed by atoms with Crippen molar-refractivity contribution in [2.75, 3.05) is 0 Å². The van der Waals surface area contributed by atoms with Gasteiger partial charge in [-0.3, -0.25) is 9.78 Å². The number of carbonyl (C=O) groups is 1. The first kappa shape index (κ1) is 8.55. The molecule has 0 fully saturated rings. The second-order valence-corrected chi connectivity index (χ2v) is 2.82. The van der Waals surface area contributed by atoms with Gasteiger partial charge in [-0.05, 0) is 18.6 Å². The molecule has 0 atom stereocenters. The van der Waals surface area contributed by atoms with Crippen molar-refractivity contribution in [3.63, 3.8) is 0 Å². The number of nitrogens with zero attached hydrogens (tertiary/aromatic N) is 3. The molecule has 0 unspecified atom stereocenters. The summed E-state index contributed by atoms with van der Waals surface area (Å²) >= 11 is 0. The summed E-state index contributed by atoms with van der Waals surface area (Å²) in [5.74, 6) is 0.326. The lowest BCUT2D eigenvalue weighted by Gasteiger charge is -1.98. The van der Waals surface area contributed by atoms with Crippen molar-refractivity contribution in [1.29, 1.82) is 0 Å². The number of aldehydes is 1. The third kappa shape index (κ3) is 1.39. The van der Waals surface area contributed by atoms with Crippen LogP contribution in [0.5, 0.6) is 0 Å². The predicted octanol–water partition coefficient (Wildman–Crippen LogP) is 1.25. The van der Waals surface area contributed by atoms with Gasteiger partial charge in [0.2, 0.25) is 12.2 Å². The van der Waals surface area contributed by atoms with Crippen LogP contribution < -0.4 is 0 Å². The third-order valence-corrected chi connectivity index (χ3v) is 1.75. The molecule has 70 valence electrons. The molecule has 0 aliphatic heterocycles. The van der Waals surface area contributed by atoms with Crippen LogP contribution in [-0.2, 0) is 0 Å². The van der Waals surface area contributed by atoms with Crippen LogP contribution in [0, 0.1) is 6.92 Å². The first-order chi connectivity index (χ1) is 6.81. The number of pyridine rings is 1. The van der Waals surface area contributed by atoms with Crippen LogP contribution in [0.3, 0.4) is 0 Å². The van der Waals surface area contributed by atoms with Gasteiger partial charge in [0.15, 0.2) is 6.29 Å². The van der Waals surface area contributed by atoms with E-state index in [1.807, 2.05) is 6.92 Å². The largest absolute Gasteiger partial charge is 0.342 e. The van der Waals surface area contributed by atoms with E-state index in [0.29, 0.717) is 17.1 Å². The molecular weight excluding hydrogens is 182 g/mol. The molecular formula is C9H7N3O2. The molecule has 2 aromatic heterocycles. The van der Waals surface area contributed by atoms with Gasteiger partial charge in [0, 0.05) is 11.8 Å². The lowest BCUT2D eigenvalue weighted by Crippen LogP contribution is -1.94. The molecule has 0 bridgehead atoms. The van der Waals surface area contributed by atoms with Crippen LogP contribution in [0.25, 0.3) is 11.5 Å². The number of hydrogen-bond donors (Lipinski definition) is 0. The van der Waals surface area contributed by atoms with Gasteiger partial charge in [0.05, 0.1) is 0 Å². The molecule has 5 nitrogen and oxygen atoms in total. The summed E-state index contributed by atoms with van der Waals surface area (Å²) in [5, 5.41) is 3.62. The van der Waals surface area contributed by atoms with Crippen LogP contribution in [0.15, 0.2) is 23.2 Å². The Kier molecular flexibility index (Phi) is 2.06. The second-order valence-electron chi connectivity index (χ2n) is 2.82. The standard InChI is InChI=1S/C9H7N3O2/c1-6-2-7(4-13)8(10-3-6)9-11-5-14-12-9/h2-5H,1H3. The van der Waals surface area contributed by atoms with Crippen molar-refractivity contribution in [2.45, 2.75) is 6.92 Å². The van der Waals surface area contributed by atoms with Gasteiger partial charge in [0.1, 0.15) is 5.69 Å². The van der Waals surface area contributed by atoms with E-state index in [9.17, 15) is 4.79 Å². The fraction of sp³-hybridized carbons (Fsp3) is 0.111. The molecule has 0 N–H and O–H groups in total. The number of aromatic nitrogens is 3. The highest BCUT2D eigenvalue weighted by Gasteiger charge is 2.10. The zero-order chi connectivity index (χ0) is 9.97.